The fourth-order valence-corrected chi connectivity index (χ4v) is 7.68. The van der Waals surface area contributed by atoms with E-state index < -0.39 is 0 Å². The lowest BCUT2D eigenvalue weighted by molar-refractivity contribution is 0.196. The second-order valence-electron chi connectivity index (χ2n) is 11.6. The fourth-order valence-electron chi connectivity index (χ4n) is 6.10. The summed E-state index contributed by atoms with van der Waals surface area (Å²) in [7, 11) is 8.31. The molecule has 2 aromatic carbocycles. The van der Waals surface area contributed by atoms with Gasteiger partial charge in [-0.15, -0.1) is 22.7 Å². The summed E-state index contributed by atoms with van der Waals surface area (Å²) in [5.41, 5.74) is 5.37. The molecule has 2 aliphatic heterocycles. The zero-order chi connectivity index (χ0) is 30.7. The molecule has 0 bridgehead atoms. The average molecular weight is 633 g/mol. The standard InChI is InChI=1S/2C18H24N2OS/c2*1-19-11-10-17(18-9-5-13-22-18)21-16-8-3-7-15-14(16)6-4-12-20(15)2/h2*3,5,7-9,13,17,19H,4,6,10-12H2,1-2H3/t2*17-/m10/s1. The minimum absolute atomic E-state index is 0.131. The third-order valence-corrected chi connectivity index (χ3v) is 10.4. The molecule has 0 fully saturated rings. The molecule has 2 aliphatic rings. The Bertz CT molecular complexity index is 1300. The SMILES string of the molecule is CNCC[C@@H](Oc1cccc2c1CCCN2C)c1cccs1.CNCC[C@H](Oc1cccc2c1CCCN2C)c1cccs1. The van der Waals surface area contributed by atoms with Gasteiger partial charge in [0.25, 0.3) is 0 Å². The first-order chi connectivity index (χ1) is 21.6. The molecule has 0 saturated heterocycles. The molecule has 0 unspecified atom stereocenters. The third kappa shape index (κ3) is 8.16. The Balaban J connectivity index is 0.000000175. The van der Waals surface area contributed by atoms with Crippen LogP contribution < -0.4 is 29.9 Å². The van der Waals surface area contributed by atoms with Crippen molar-refractivity contribution in [2.45, 2.75) is 50.7 Å². The summed E-state index contributed by atoms with van der Waals surface area (Å²) in [4.78, 5) is 7.27. The molecule has 0 aliphatic carbocycles. The Labute approximate surface area is 272 Å². The van der Waals surface area contributed by atoms with E-state index in [2.05, 4.69) is 106 Å². The van der Waals surface area contributed by atoms with Gasteiger partial charge in [-0.05, 0) is 100 Å². The van der Waals surface area contributed by atoms with E-state index >= 15 is 0 Å². The van der Waals surface area contributed by atoms with Crippen molar-refractivity contribution in [3.05, 3.63) is 92.3 Å². The van der Waals surface area contributed by atoms with Gasteiger partial charge < -0.3 is 29.9 Å². The molecule has 2 aromatic heterocycles. The van der Waals surface area contributed by atoms with E-state index in [-0.39, 0.29) is 12.2 Å². The maximum atomic E-state index is 6.45. The van der Waals surface area contributed by atoms with Crippen molar-refractivity contribution in [1.29, 1.82) is 0 Å². The van der Waals surface area contributed by atoms with Gasteiger partial charge in [0, 0.05) is 72.3 Å². The Morgan fingerprint density at radius 1 is 0.659 bits per heavy atom. The second kappa shape index (κ2) is 16.3. The number of hydrogen-bond acceptors (Lipinski definition) is 8. The van der Waals surface area contributed by atoms with Crippen LogP contribution in [0.15, 0.2) is 71.4 Å². The van der Waals surface area contributed by atoms with Gasteiger partial charge in [0.15, 0.2) is 0 Å². The molecule has 44 heavy (non-hydrogen) atoms. The van der Waals surface area contributed by atoms with Gasteiger partial charge in [0.2, 0.25) is 0 Å². The molecule has 8 heteroatoms. The first-order valence-electron chi connectivity index (χ1n) is 15.9. The van der Waals surface area contributed by atoms with E-state index in [9.17, 15) is 0 Å². The minimum atomic E-state index is 0.131. The summed E-state index contributed by atoms with van der Waals surface area (Å²) in [6.07, 6.45) is 6.84. The number of nitrogens with one attached hydrogen (secondary N) is 2. The number of thiophene rings is 2. The summed E-state index contributed by atoms with van der Waals surface area (Å²) in [6, 6.07) is 21.4. The summed E-state index contributed by atoms with van der Waals surface area (Å²) in [5.74, 6) is 2.11. The number of anilines is 2. The van der Waals surface area contributed by atoms with Crippen LogP contribution in [0, 0.1) is 0 Å². The molecule has 6 nitrogen and oxygen atoms in total. The lowest BCUT2D eigenvalue weighted by Crippen LogP contribution is -2.25. The molecule has 2 N–H and O–H groups in total. The van der Waals surface area contributed by atoms with E-state index in [4.69, 9.17) is 9.47 Å². The highest BCUT2D eigenvalue weighted by molar-refractivity contribution is 7.10. The minimum Gasteiger partial charge on any atom is -0.484 e. The summed E-state index contributed by atoms with van der Waals surface area (Å²) < 4.78 is 12.9. The molecular formula is C36H48N4O2S2. The monoisotopic (exact) mass is 632 g/mol. The average Bonchev–Trinajstić information content (AvgIpc) is 3.78. The van der Waals surface area contributed by atoms with Crippen LogP contribution in [0.1, 0.15) is 58.8 Å². The number of nitrogens with zero attached hydrogens (tertiary/aromatic N) is 2. The van der Waals surface area contributed by atoms with Crippen molar-refractivity contribution in [2.75, 3.05) is 64.2 Å². The fraction of sp³-hybridized carbons (Fsp3) is 0.444. The molecule has 6 rings (SSSR count). The Morgan fingerprint density at radius 3 is 1.50 bits per heavy atom. The number of benzene rings is 2. The van der Waals surface area contributed by atoms with Crippen LogP contribution in [-0.2, 0) is 12.8 Å². The van der Waals surface area contributed by atoms with Gasteiger partial charge in [-0.25, -0.2) is 0 Å². The molecule has 0 saturated carbocycles. The van der Waals surface area contributed by atoms with Crippen LogP contribution in [0.3, 0.4) is 0 Å². The molecule has 2 atom stereocenters. The molecule has 0 amide bonds. The largest absolute Gasteiger partial charge is 0.484 e. The quantitative estimate of drug-likeness (QED) is 0.167. The normalized spacial score (nSPS) is 15.5. The zero-order valence-electron chi connectivity index (χ0n) is 26.7. The molecule has 4 heterocycles. The van der Waals surface area contributed by atoms with E-state index in [1.54, 1.807) is 22.7 Å². The first kappa shape index (κ1) is 32.4. The molecular weight excluding hydrogens is 585 g/mol. The maximum Gasteiger partial charge on any atom is 0.134 e. The van der Waals surface area contributed by atoms with Crippen LogP contribution in [-0.4, -0.2) is 54.4 Å². The van der Waals surface area contributed by atoms with E-state index in [0.717, 1.165) is 63.4 Å². The van der Waals surface area contributed by atoms with Gasteiger partial charge in [-0.2, -0.15) is 0 Å². The van der Waals surface area contributed by atoms with Crippen LogP contribution in [0.2, 0.25) is 0 Å². The number of ether oxygens (including phenoxy) is 2. The molecule has 0 spiro atoms. The summed E-state index contributed by atoms with van der Waals surface area (Å²) >= 11 is 3.55. The van der Waals surface area contributed by atoms with E-state index in [1.807, 2.05) is 14.1 Å². The van der Waals surface area contributed by atoms with Crippen molar-refractivity contribution < 1.29 is 9.47 Å². The number of fused-ring (bicyclic) bond motifs is 2. The summed E-state index contributed by atoms with van der Waals surface area (Å²) in [6.45, 7) is 4.17. The van der Waals surface area contributed by atoms with Gasteiger partial charge in [0.1, 0.15) is 23.7 Å². The lowest BCUT2D eigenvalue weighted by Gasteiger charge is -2.30. The van der Waals surface area contributed by atoms with Crippen LogP contribution in [0.4, 0.5) is 11.4 Å². The molecule has 0 radical (unpaired) electrons. The van der Waals surface area contributed by atoms with Gasteiger partial charge in [-0.1, -0.05) is 24.3 Å². The highest BCUT2D eigenvalue weighted by Crippen LogP contribution is 2.38. The van der Waals surface area contributed by atoms with Crippen molar-refractivity contribution >= 4 is 34.0 Å². The van der Waals surface area contributed by atoms with Gasteiger partial charge >= 0.3 is 0 Å². The number of hydrogen-bond donors (Lipinski definition) is 2. The first-order valence-corrected chi connectivity index (χ1v) is 17.7. The van der Waals surface area contributed by atoms with Gasteiger partial charge in [-0.3, -0.25) is 0 Å². The van der Waals surface area contributed by atoms with Crippen LogP contribution in [0.25, 0.3) is 0 Å². The van der Waals surface area contributed by atoms with Crippen LogP contribution in [0.5, 0.6) is 11.5 Å². The van der Waals surface area contributed by atoms with Crippen molar-refractivity contribution in [3.8, 4) is 11.5 Å². The zero-order valence-corrected chi connectivity index (χ0v) is 28.3. The van der Waals surface area contributed by atoms with Gasteiger partial charge in [0.05, 0.1) is 0 Å². The maximum absolute atomic E-state index is 6.45. The summed E-state index contributed by atoms with van der Waals surface area (Å²) in [5, 5.41) is 10.7. The topological polar surface area (TPSA) is 49.0 Å². The Morgan fingerprint density at radius 2 is 1.11 bits per heavy atom. The van der Waals surface area contributed by atoms with E-state index in [1.165, 1.54) is 45.1 Å². The predicted octanol–water partition coefficient (Wildman–Crippen LogP) is 7.72. The molecule has 236 valence electrons. The smallest absolute Gasteiger partial charge is 0.134 e. The highest BCUT2D eigenvalue weighted by Gasteiger charge is 2.22. The Kier molecular flexibility index (Phi) is 12.0. The van der Waals surface area contributed by atoms with E-state index in [0.29, 0.717) is 0 Å². The predicted molar refractivity (Wildman–Crippen MR) is 189 cm³/mol. The van der Waals surface area contributed by atoms with Crippen molar-refractivity contribution in [3.63, 3.8) is 0 Å². The highest BCUT2D eigenvalue weighted by atomic mass is 32.1. The lowest BCUT2D eigenvalue weighted by atomic mass is 10.0. The number of rotatable bonds is 12. The van der Waals surface area contributed by atoms with Crippen LogP contribution >= 0.6 is 22.7 Å². The van der Waals surface area contributed by atoms with Crippen molar-refractivity contribution in [2.24, 2.45) is 0 Å². The van der Waals surface area contributed by atoms with Crippen molar-refractivity contribution in [1.82, 2.24) is 10.6 Å². The molecule has 4 aromatic rings. The Hall–Kier alpha value is -3.04. The third-order valence-electron chi connectivity index (χ3n) is 8.45. The second-order valence-corrected chi connectivity index (χ2v) is 13.5.